The fraction of sp³-hybridized carbons (Fsp3) is 0.727. The van der Waals surface area contributed by atoms with E-state index in [1.54, 1.807) is 14.2 Å². The Morgan fingerprint density at radius 3 is 2.35 bits per heavy atom. The predicted molar refractivity (Wildman–Crippen MR) is 172 cm³/mol. The highest BCUT2D eigenvalue weighted by molar-refractivity contribution is 6.70. The molecule has 1 saturated heterocycles. The van der Waals surface area contributed by atoms with Crippen LogP contribution in [0.3, 0.4) is 0 Å². The molecule has 1 aromatic rings. The van der Waals surface area contributed by atoms with Crippen LogP contribution in [0.4, 0.5) is 0 Å². The van der Waals surface area contributed by atoms with Gasteiger partial charge in [-0.25, -0.2) is 4.79 Å². The van der Waals surface area contributed by atoms with E-state index in [0.29, 0.717) is 24.3 Å². The number of carbonyl (C=O) groups is 1. The van der Waals surface area contributed by atoms with Crippen molar-refractivity contribution in [1.82, 2.24) is 0 Å². The number of esters is 1. The predicted octanol–water partition coefficient (Wildman–Crippen LogP) is 6.95. The molecule has 242 valence electrons. The van der Waals surface area contributed by atoms with Crippen LogP contribution in [0.2, 0.25) is 39.3 Å². The summed E-state index contributed by atoms with van der Waals surface area (Å²) in [6.07, 6.45) is 3.87. The van der Waals surface area contributed by atoms with E-state index in [0.717, 1.165) is 24.2 Å². The molecule has 43 heavy (non-hydrogen) atoms. The molecule has 8 nitrogen and oxygen atoms in total. The van der Waals surface area contributed by atoms with Gasteiger partial charge < -0.3 is 32.5 Å². The van der Waals surface area contributed by atoms with Gasteiger partial charge in [0.05, 0.1) is 31.7 Å². The molecule has 0 bridgehead atoms. The molecule has 10 heteroatoms. The molecular formula is C33H54O8Si2. The average Bonchev–Trinajstić information content (AvgIpc) is 3.23. The lowest BCUT2D eigenvalue weighted by Gasteiger charge is -2.56. The third-order valence-electron chi connectivity index (χ3n) is 8.68. The zero-order valence-electron chi connectivity index (χ0n) is 28.4. The van der Waals surface area contributed by atoms with Crippen LogP contribution in [0.5, 0.6) is 5.75 Å². The molecule has 4 rings (SSSR count). The van der Waals surface area contributed by atoms with Crippen LogP contribution in [0.1, 0.15) is 56.5 Å². The van der Waals surface area contributed by atoms with Crippen molar-refractivity contribution < 1.29 is 37.3 Å². The number of allylic oxidation sites excluding steroid dienone is 2. The molecule has 3 aliphatic rings. The first kappa shape index (κ1) is 34.2. The number of hydrogen-bond acceptors (Lipinski definition) is 8. The Hall–Kier alpha value is -1.70. The topological polar surface area (TPSA) is 81.7 Å². The summed E-state index contributed by atoms with van der Waals surface area (Å²) in [7, 11) is -0.693. The first-order valence-electron chi connectivity index (χ1n) is 15.8. The maximum Gasteiger partial charge on any atom is 0.342 e. The van der Waals surface area contributed by atoms with E-state index in [-0.39, 0.29) is 42.0 Å². The Balaban J connectivity index is 1.82. The largest absolute Gasteiger partial charge is 0.547 e. The van der Waals surface area contributed by atoms with Gasteiger partial charge in [0, 0.05) is 13.0 Å². The van der Waals surface area contributed by atoms with E-state index in [2.05, 4.69) is 52.3 Å². The SMILES string of the molecule is CCOC(=O)c1c(CC2C=C(O[Si](C)(C)C)[C@H]3C[C@@](O[Si](C)(C)C)([C@@H](C)OC)[C@@H]4OC(C)(C)O[C@@H]4[C@@H]3C2)cccc1OC. The van der Waals surface area contributed by atoms with Crippen molar-refractivity contribution in [3.05, 3.63) is 41.2 Å². The van der Waals surface area contributed by atoms with Crippen LogP contribution < -0.4 is 4.74 Å². The number of hydrogen-bond donors (Lipinski definition) is 0. The van der Waals surface area contributed by atoms with E-state index in [1.165, 1.54) is 0 Å². The second-order valence-corrected chi connectivity index (χ2v) is 23.6. The van der Waals surface area contributed by atoms with Gasteiger partial charge in [-0.3, -0.25) is 0 Å². The van der Waals surface area contributed by atoms with Crippen molar-refractivity contribution in [1.29, 1.82) is 0 Å². The third kappa shape index (κ3) is 7.41. The van der Waals surface area contributed by atoms with Gasteiger partial charge in [-0.2, -0.15) is 0 Å². The van der Waals surface area contributed by atoms with Crippen LogP contribution in [-0.4, -0.2) is 73.1 Å². The van der Waals surface area contributed by atoms with Crippen molar-refractivity contribution >= 4 is 22.6 Å². The molecule has 2 fully saturated rings. The van der Waals surface area contributed by atoms with Crippen LogP contribution in [-0.2, 0) is 34.2 Å². The van der Waals surface area contributed by atoms with Crippen molar-refractivity contribution in [3.8, 4) is 5.75 Å². The van der Waals surface area contributed by atoms with E-state index < -0.39 is 28.0 Å². The summed E-state index contributed by atoms with van der Waals surface area (Å²) in [6.45, 7) is 21.5. The zero-order chi connectivity index (χ0) is 32.0. The van der Waals surface area contributed by atoms with Crippen LogP contribution in [0.25, 0.3) is 0 Å². The highest BCUT2D eigenvalue weighted by Gasteiger charge is 2.65. The van der Waals surface area contributed by atoms with Gasteiger partial charge in [-0.15, -0.1) is 0 Å². The molecule has 1 heterocycles. The number of carbonyl (C=O) groups excluding carboxylic acids is 1. The van der Waals surface area contributed by atoms with Gasteiger partial charge in [0.25, 0.3) is 0 Å². The highest BCUT2D eigenvalue weighted by Crippen LogP contribution is 2.56. The minimum Gasteiger partial charge on any atom is -0.547 e. The van der Waals surface area contributed by atoms with Crippen molar-refractivity contribution in [2.24, 2.45) is 17.8 Å². The maximum atomic E-state index is 13.1. The minimum atomic E-state index is -2.05. The van der Waals surface area contributed by atoms with Crippen molar-refractivity contribution in [2.75, 3.05) is 20.8 Å². The maximum absolute atomic E-state index is 13.1. The quantitative estimate of drug-likeness (QED) is 0.191. The Morgan fingerprint density at radius 2 is 1.77 bits per heavy atom. The monoisotopic (exact) mass is 634 g/mol. The first-order chi connectivity index (χ1) is 19.9. The number of benzene rings is 1. The van der Waals surface area contributed by atoms with Gasteiger partial charge in [-0.1, -0.05) is 12.1 Å². The summed E-state index contributed by atoms with van der Waals surface area (Å²) in [5, 5.41) is 0. The standard InChI is InChI=1S/C33H54O8Si2/c1-13-37-31(34)28-23(15-14-16-26(28)36-6)17-22-18-24-25(27(19-22)40-42(7,8)9)20-33(21(2)35-5,41-43(10,11)12)30-29(24)38-32(3,4)39-30/h14-16,19,21-22,24-25,29-30H,13,17-18,20H2,1-12H3/t21-,22?,24-,25+,29-,30-,33-/m1/s1. The molecule has 0 spiro atoms. The molecule has 0 radical (unpaired) electrons. The van der Waals surface area contributed by atoms with Gasteiger partial charge in [0.1, 0.15) is 23.0 Å². The molecular weight excluding hydrogens is 581 g/mol. The normalized spacial score (nSPS) is 31.0. The average molecular weight is 635 g/mol. The minimum absolute atomic E-state index is 0.0884. The summed E-state index contributed by atoms with van der Waals surface area (Å²) in [6, 6.07) is 5.75. The molecule has 1 unspecified atom stereocenters. The van der Waals surface area contributed by atoms with Gasteiger partial charge in [-0.05, 0) is 116 Å². The Labute approximate surface area is 261 Å². The summed E-state index contributed by atoms with van der Waals surface area (Å²) >= 11 is 0. The van der Waals surface area contributed by atoms with Gasteiger partial charge in [0.15, 0.2) is 14.1 Å². The first-order valence-corrected chi connectivity index (χ1v) is 22.6. The van der Waals surface area contributed by atoms with Crippen molar-refractivity contribution in [3.63, 3.8) is 0 Å². The Kier molecular flexibility index (Phi) is 10.0. The smallest absolute Gasteiger partial charge is 0.342 e. The van der Waals surface area contributed by atoms with E-state index in [9.17, 15) is 4.79 Å². The summed E-state index contributed by atoms with van der Waals surface area (Å²) in [5.74, 6) is 0.774. The van der Waals surface area contributed by atoms with E-state index in [1.807, 2.05) is 39.0 Å². The molecule has 1 aromatic carbocycles. The van der Waals surface area contributed by atoms with Gasteiger partial charge >= 0.3 is 5.97 Å². The molecule has 7 atom stereocenters. The molecule has 1 saturated carbocycles. The fourth-order valence-corrected chi connectivity index (χ4v) is 9.72. The van der Waals surface area contributed by atoms with Crippen molar-refractivity contribution in [2.45, 2.75) is 116 Å². The summed E-state index contributed by atoms with van der Waals surface area (Å²) in [4.78, 5) is 13.1. The molecule has 0 aromatic heterocycles. The lowest BCUT2D eigenvalue weighted by molar-refractivity contribution is -0.199. The molecule has 0 amide bonds. The molecule has 1 aliphatic heterocycles. The number of ether oxygens (including phenoxy) is 5. The lowest BCUT2D eigenvalue weighted by atomic mass is 9.61. The third-order valence-corrected chi connectivity index (χ3v) is 10.5. The number of fused-ring (bicyclic) bond motifs is 3. The Morgan fingerprint density at radius 1 is 1.07 bits per heavy atom. The highest BCUT2D eigenvalue weighted by atomic mass is 28.4. The molecule has 2 aliphatic carbocycles. The second kappa shape index (κ2) is 12.6. The lowest BCUT2D eigenvalue weighted by Crippen LogP contribution is -2.67. The summed E-state index contributed by atoms with van der Waals surface area (Å²) < 4.78 is 44.7. The van der Waals surface area contributed by atoms with E-state index in [4.69, 9.17) is 32.5 Å². The van der Waals surface area contributed by atoms with Crippen LogP contribution in [0.15, 0.2) is 30.0 Å². The second-order valence-electron chi connectivity index (χ2n) is 14.7. The van der Waals surface area contributed by atoms with Gasteiger partial charge in [0.2, 0.25) is 8.32 Å². The summed E-state index contributed by atoms with van der Waals surface area (Å²) in [5.41, 5.74) is 0.720. The Bertz CT molecular complexity index is 1190. The number of rotatable bonds is 11. The van der Waals surface area contributed by atoms with Crippen LogP contribution >= 0.6 is 0 Å². The van der Waals surface area contributed by atoms with Crippen LogP contribution in [0, 0.1) is 17.8 Å². The zero-order valence-corrected chi connectivity index (χ0v) is 30.4. The van der Waals surface area contributed by atoms with E-state index >= 15 is 0 Å². The number of methoxy groups -OCH3 is 2. The molecule has 0 N–H and O–H groups in total. The fourth-order valence-electron chi connectivity index (χ4n) is 7.29.